The van der Waals surface area contributed by atoms with Crippen LogP contribution in [0.15, 0.2) is 46.5 Å². The Kier molecular flexibility index (Phi) is 4.15. The molecular formula is C15H11N3O4S. The molecule has 0 spiro atoms. The van der Waals surface area contributed by atoms with E-state index in [0.717, 1.165) is 4.88 Å². The predicted molar refractivity (Wildman–Crippen MR) is 81.7 cm³/mol. The van der Waals surface area contributed by atoms with Gasteiger partial charge in [0.05, 0.1) is 16.6 Å². The molecule has 8 heteroatoms. The second-order valence-corrected chi connectivity index (χ2v) is 5.43. The highest BCUT2D eigenvalue weighted by Gasteiger charge is 2.13. The Morgan fingerprint density at radius 3 is 2.91 bits per heavy atom. The Bertz CT molecular complexity index is 842. The fourth-order valence-corrected chi connectivity index (χ4v) is 2.46. The Hall–Kier alpha value is -3.00. The number of nitrogens with two attached hydrogens (primary N) is 1. The van der Waals surface area contributed by atoms with Gasteiger partial charge in [0.1, 0.15) is 5.69 Å². The number of oxazole rings is 1. The van der Waals surface area contributed by atoms with Gasteiger partial charge in [-0.05, 0) is 23.6 Å². The van der Waals surface area contributed by atoms with Crippen LogP contribution in [0.1, 0.15) is 26.6 Å². The van der Waals surface area contributed by atoms with Crippen LogP contribution in [0.5, 0.6) is 0 Å². The average molecular weight is 329 g/mol. The lowest BCUT2D eigenvalue weighted by molar-refractivity contribution is 0.0446. The molecule has 3 aromatic rings. The second kappa shape index (κ2) is 6.41. The van der Waals surface area contributed by atoms with Crippen LogP contribution in [-0.4, -0.2) is 21.8 Å². The summed E-state index contributed by atoms with van der Waals surface area (Å²) >= 11 is 1.50. The molecule has 3 rings (SSSR count). The Morgan fingerprint density at radius 2 is 2.17 bits per heavy atom. The van der Waals surface area contributed by atoms with Crippen LogP contribution in [0.2, 0.25) is 0 Å². The molecule has 2 N–H and O–H groups in total. The van der Waals surface area contributed by atoms with Gasteiger partial charge in [-0.15, -0.1) is 11.3 Å². The standard InChI is InChI=1S/C15H11N3O4S/c16-13(19)11-6-9(3-4-17-11)15(20)21-8-10-7-18-14(22-10)12-2-1-5-23-12/h1-7H,8H2,(H2,16,19). The topological polar surface area (TPSA) is 108 Å². The van der Waals surface area contributed by atoms with E-state index in [1.165, 1.54) is 35.9 Å². The van der Waals surface area contributed by atoms with Crippen molar-refractivity contribution in [2.24, 2.45) is 5.73 Å². The zero-order chi connectivity index (χ0) is 16.2. The summed E-state index contributed by atoms with van der Waals surface area (Å²) in [5, 5.41) is 1.92. The van der Waals surface area contributed by atoms with Crippen LogP contribution in [-0.2, 0) is 11.3 Å². The van der Waals surface area contributed by atoms with Crippen molar-refractivity contribution in [3.05, 3.63) is 59.1 Å². The van der Waals surface area contributed by atoms with E-state index in [9.17, 15) is 9.59 Å². The summed E-state index contributed by atoms with van der Waals surface area (Å²) in [6.45, 7) is -0.0641. The van der Waals surface area contributed by atoms with Gasteiger partial charge in [0.15, 0.2) is 12.4 Å². The van der Waals surface area contributed by atoms with E-state index in [-0.39, 0.29) is 17.9 Å². The minimum atomic E-state index is -0.713. The maximum absolute atomic E-state index is 12.0. The third kappa shape index (κ3) is 3.43. The zero-order valence-electron chi connectivity index (χ0n) is 11.8. The molecule has 3 heterocycles. The summed E-state index contributed by atoms with van der Waals surface area (Å²) in [4.78, 5) is 31.8. The summed E-state index contributed by atoms with van der Waals surface area (Å²) in [5.41, 5.74) is 5.31. The largest absolute Gasteiger partial charge is 0.454 e. The molecule has 0 atom stereocenters. The van der Waals surface area contributed by atoms with E-state index in [1.54, 1.807) is 0 Å². The van der Waals surface area contributed by atoms with Crippen molar-refractivity contribution in [2.75, 3.05) is 0 Å². The predicted octanol–water partition coefficient (Wildman–Crippen LogP) is 2.25. The quantitative estimate of drug-likeness (QED) is 0.719. The van der Waals surface area contributed by atoms with Crippen LogP contribution in [0.4, 0.5) is 0 Å². The highest BCUT2D eigenvalue weighted by molar-refractivity contribution is 7.13. The van der Waals surface area contributed by atoms with Crippen LogP contribution >= 0.6 is 11.3 Å². The molecule has 0 unspecified atom stereocenters. The van der Waals surface area contributed by atoms with Crippen molar-refractivity contribution >= 4 is 23.2 Å². The highest BCUT2D eigenvalue weighted by atomic mass is 32.1. The van der Waals surface area contributed by atoms with Gasteiger partial charge < -0.3 is 14.9 Å². The van der Waals surface area contributed by atoms with Crippen molar-refractivity contribution in [1.29, 1.82) is 0 Å². The maximum atomic E-state index is 12.0. The number of amides is 1. The van der Waals surface area contributed by atoms with E-state index in [1.807, 2.05) is 17.5 Å². The molecule has 0 bridgehead atoms. The molecule has 7 nitrogen and oxygen atoms in total. The number of ether oxygens (including phenoxy) is 1. The minimum absolute atomic E-state index is 0.000836. The van der Waals surface area contributed by atoms with Gasteiger partial charge in [-0.25, -0.2) is 9.78 Å². The number of aromatic nitrogens is 2. The molecular weight excluding hydrogens is 318 g/mol. The van der Waals surface area contributed by atoms with Gasteiger partial charge in [-0.2, -0.15) is 0 Å². The van der Waals surface area contributed by atoms with Crippen LogP contribution in [0.25, 0.3) is 10.8 Å². The highest BCUT2D eigenvalue weighted by Crippen LogP contribution is 2.24. The normalized spacial score (nSPS) is 10.4. The number of thiophene rings is 1. The summed E-state index contributed by atoms with van der Waals surface area (Å²) in [6.07, 6.45) is 2.82. The van der Waals surface area contributed by atoms with E-state index in [2.05, 4.69) is 9.97 Å². The number of hydrogen-bond donors (Lipinski definition) is 1. The second-order valence-electron chi connectivity index (χ2n) is 4.48. The van der Waals surface area contributed by atoms with Crippen LogP contribution in [0, 0.1) is 0 Å². The number of esters is 1. The molecule has 0 saturated carbocycles. The van der Waals surface area contributed by atoms with Gasteiger partial charge in [-0.3, -0.25) is 9.78 Å². The van der Waals surface area contributed by atoms with E-state index in [0.29, 0.717) is 11.7 Å². The summed E-state index contributed by atoms with van der Waals surface area (Å²) in [6, 6.07) is 6.49. The molecule has 0 fully saturated rings. The fraction of sp³-hybridized carbons (Fsp3) is 0.0667. The van der Waals surface area contributed by atoms with Gasteiger partial charge in [0.25, 0.3) is 5.91 Å². The number of nitrogens with zero attached hydrogens (tertiary/aromatic N) is 2. The molecule has 1 amide bonds. The van der Waals surface area contributed by atoms with Gasteiger partial charge in [-0.1, -0.05) is 6.07 Å². The molecule has 0 aliphatic rings. The van der Waals surface area contributed by atoms with Gasteiger partial charge in [0.2, 0.25) is 5.89 Å². The number of carbonyl (C=O) groups excluding carboxylic acids is 2. The number of hydrogen-bond acceptors (Lipinski definition) is 7. The molecule has 0 radical (unpaired) electrons. The number of pyridine rings is 1. The average Bonchev–Trinajstić information content (AvgIpc) is 3.23. The monoisotopic (exact) mass is 329 g/mol. The minimum Gasteiger partial charge on any atom is -0.454 e. The fourth-order valence-electron chi connectivity index (χ4n) is 1.80. The maximum Gasteiger partial charge on any atom is 0.338 e. The molecule has 0 aliphatic heterocycles. The molecule has 23 heavy (non-hydrogen) atoms. The summed E-state index contributed by atoms with van der Waals surface area (Å²) in [5.74, 6) is -0.420. The molecule has 0 aliphatic carbocycles. The molecule has 0 aromatic carbocycles. The van der Waals surface area contributed by atoms with E-state index in [4.69, 9.17) is 14.9 Å². The number of rotatable bonds is 5. The van der Waals surface area contributed by atoms with Crippen molar-refractivity contribution in [3.63, 3.8) is 0 Å². The summed E-state index contributed by atoms with van der Waals surface area (Å²) < 4.78 is 10.6. The Labute approximate surface area is 134 Å². The lowest BCUT2D eigenvalue weighted by Gasteiger charge is -2.03. The Balaban J connectivity index is 1.65. The Morgan fingerprint density at radius 1 is 1.30 bits per heavy atom. The lowest BCUT2D eigenvalue weighted by atomic mass is 10.2. The van der Waals surface area contributed by atoms with Crippen molar-refractivity contribution in [2.45, 2.75) is 6.61 Å². The van der Waals surface area contributed by atoms with Gasteiger partial charge >= 0.3 is 5.97 Å². The van der Waals surface area contributed by atoms with Crippen molar-refractivity contribution in [3.8, 4) is 10.8 Å². The number of carbonyl (C=O) groups is 2. The summed E-state index contributed by atoms with van der Waals surface area (Å²) in [7, 11) is 0. The van der Waals surface area contributed by atoms with Crippen molar-refractivity contribution in [1.82, 2.24) is 9.97 Å². The first-order valence-electron chi connectivity index (χ1n) is 6.55. The number of primary amides is 1. The van der Waals surface area contributed by atoms with E-state index >= 15 is 0 Å². The smallest absolute Gasteiger partial charge is 0.338 e. The molecule has 116 valence electrons. The first-order chi connectivity index (χ1) is 11.1. The SMILES string of the molecule is NC(=O)c1cc(C(=O)OCc2cnc(-c3cccs3)o2)ccn1. The van der Waals surface area contributed by atoms with Crippen molar-refractivity contribution < 1.29 is 18.7 Å². The van der Waals surface area contributed by atoms with Gasteiger partial charge in [0, 0.05) is 6.20 Å². The van der Waals surface area contributed by atoms with E-state index < -0.39 is 11.9 Å². The lowest BCUT2D eigenvalue weighted by Crippen LogP contribution is -2.14. The van der Waals surface area contributed by atoms with Crippen LogP contribution < -0.4 is 5.73 Å². The molecule has 3 aromatic heterocycles. The van der Waals surface area contributed by atoms with Crippen LogP contribution in [0.3, 0.4) is 0 Å². The third-order valence-corrected chi connectivity index (χ3v) is 3.74. The zero-order valence-corrected chi connectivity index (χ0v) is 12.6. The first-order valence-corrected chi connectivity index (χ1v) is 7.43. The first kappa shape index (κ1) is 14.9. The third-order valence-electron chi connectivity index (χ3n) is 2.88. The molecule has 0 saturated heterocycles.